The zero-order chi connectivity index (χ0) is 29.0. The van der Waals surface area contributed by atoms with Crippen LogP contribution in [-0.4, -0.2) is 24.5 Å². The highest BCUT2D eigenvalue weighted by Gasteiger charge is 2.25. The number of hydrogen-bond acceptors (Lipinski definition) is 6. The molecular formula is C33H29FO6. The summed E-state index contributed by atoms with van der Waals surface area (Å²) >= 11 is 0. The lowest BCUT2D eigenvalue weighted by Gasteiger charge is -2.14. The first-order valence-corrected chi connectivity index (χ1v) is 12.7. The lowest BCUT2D eigenvalue weighted by atomic mass is 9.95. The minimum atomic E-state index is -0.694. The lowest BCUT2D eigenvalue weighted by molar-refractivity contribution is -0.138. The summed E-state index contributed by atoms with van der Waals surface area (Å²) in [5, 5.41) is 0. The van der Waals surface area contributed by atoms with Crippen LogP contribution in [0.4, 0.5) is 4.39 Å². The van der Waals surface area contributed by atoms with Crippen molar-refractivity contribution in [3.63, 3.8) is 0 Å². The van der Waals surface area contributed by atoms with Crippen LogP contribution in [0.1, 0.15) is 37.3 Å². The van der Waals surface area contributed by atoms with Crippen molar-refractivity contribution in [2.45, 2.75) is 32.6 Å². The van der Waals surface area contributed by atoms with Gasteiger partial charge in [-0.3, -0.25) is 0 Å². The van der Waals surface area contributed by atoms with Crippen molar-refractivity contribution >= 4 is 17.9 Å². The second-order valence-electron chi connectivity index (χ2n) is 9.68. The van der Waals surface area contributed by atoms with E-state index >= 15 is 4.39 Å². The van der Waals surface area contributed by atoms with Crippen LogP contribution in [0.25, 0.3) is 22.3 Å². The third kappa shape index (κ3) is 6.26. The zero-order valence-corrected chi connectivity index (χ0v) is 22.4. The molecule has 1 unspecified atom stereocenters. The SMILES string of the molecule is C=CC(=O)OCC1CCc2ccc(-c3ccc(-c4ccc(OC(=O)C(=C)C)c(OC(=O)C(=C)C)c4)cc3F)cc21. The van der Waals surface area contributed by atoms with Crippen molar-refractivity contribution < 1.29 is 33.0 Å². The molecule has 7 heteroatoms. The molecule has 0 N–H and O–H groups in total. The van der Waals surface area contributed by atoms with Gasteiger partial charge in [0.1, 0.15) is 5.82 Å². The van der Waals surface area contributed by atoms with E-state index in [4.69, 9.17) is 14.2 Å². The second-order valence-corrected chi connectivity index (χ2v) is 9.68. The molecule has 0 fully saturated rings. The fourth-order valence-corrected chi connectivity index (χ4v) is 4.42. The van der Waals surface area contributed by atoms with Gasteiger partial charge in [0.2, 0.25) is 0 Å². The van der Waals surface area contributed by atoms with E-state index in [9.17, 15) is 14.4 Å². The Morgan fingerprint density at radius 3 is 2.15 bits per heavy atom. The molecule has 0 saturated heterocycles. The van der Waals surface area contributed by atoms with E-state index in [1.807, 2.05) is 18.2 Å². The second kappa shape index (κ2) is 11.9. The Morgan fingerprint density at radius 2 is 1.50 bits per heavy atom. The lowest BCUT2D eigenvalue weighted by Crippen LogP contribution is -2.12. The van der Waals surface area contributed by atoms with Gasteiger partial charge in [0, 0.05) is 28.7 Å². The summed E-state index contributed by atoms with van der Waals surface area (Å²) in [6.07, 6.45) is 2.85. The summed E-state index contributed by atoms with van der Waals surface area (Å²) in [4.78, 5) is 35.8. The van der Waals surface area contributed by atoms with Crippen LogP contribution in [0.15, 0.2) is 91.6 Å². The molecule has 6 nitrogen and oxygen atoms in total. The third-order valence-electron chi connectivity index (χ3n) is 6.60. The molecule has 0 aliphatic heterocycles. The van der Waals surface area contributed by atoms with Gasteiger partial charge in [-0.1, -0.05) is 56.1 Å². The number of carbonyl (C=O) groups excluding carboxylic acids is 3. The van der Waals surface area contributed by atoms with E-state index in [0.717, 1.165) is 30.0 Å². The highest BCUT2D eigenvalue weighted by atomic mass is 19.1. The van der Waals surface area contributed by atoms with Crippen LogP contribution in [-0.2, 0) is 25.5 Å². The Balaban J connectivity index is 1.63. The van der Waals surface area contributed by atoms with Gasteiger partial charge in [0.15, 0.2) is 11.5 Å². The topological polar surface area (TPSA) is 78.9 Å². The smallest absolute Gasteiger partial charge is 0.338 e. The van der Waals surface area contributed by atoms with Crippen molar-refractivity contribution in [3.8, 4) is 33.8 Å². The van der Waals surface area contributed by atoms with Gasteiger partial charge in [-0.25, -0.2) is 18.8 Å². The maximum Gasteiger partial charge on any atom is 0.338 e. The third-order valence-corrected chi connectivity index (χ3v) is 6.60. The van der Waals surface area contributed by atoms with E-state index in [1.165, 1.54) is 32.0 Å². The predicted octanol–water partition coefficient (Wildman–Crippen LogP) is 6.88. The predicted molar refractivity (Wildman–Crippen MR) is 150 cm³/mol. The normalized spacial score (nSPS) is 13.6. The van der Waals surface area contributed by atoms with Crippen molar-refractivity contribution in [1.29, 1.82) is 0 Å². The Kier molecular flexibility index (Phi) is 8.43. The number of carbonyl (C=O) groups is 3. The molecule has 204 valence electrons. The molecule has 0 aromatic heterocycles. The first-order valence-electron chi connectivity index (χ1n) is 12.7. The molecular weight excluding hydrogens is 511 g/mol. The van der Waals surface area contributed by atoms with Crippen molar-refractivity contribution in [1.82, 2.24) is 0 Å². The van der Waals surface area contributed by atoms with Crippen LogP contribution in [0.3, 0.4) is 0 Å². The average molecular weight is 541 g/mol. The Hall–Kier alpha value is -4.78. The molecule has 0 saturated carbocycles. The number of ether oxygens (including phenoxy) is 3. The summed E-state index contributed by atoms with van der Waals surface area (Å²) in [6, 6.07) is 15.3. The van der Waals surface area contributed by atoms with Gasteiger partial charge >= 0.3 is 17.9 Å². The van der Waals surface area contributed by atoms with Crippen LogP contribution in [0, 0.1) is 5.82 Å². The van der Waals surface area contributed by atoms with Crippen molar-refractivity contribution in [3.05, 3.63) is 109 Å². The van der Waals surface area contributed by atoms with Crippen LogP contribution < -0.4 is 9.47 Å². The molecule has 40 heavy (non-hydrogen) atoms. The number of fused-ring (bicyclic) bond motifs is 1. The van der Waals surface area contributed by atoms with Crippen LogP contribution in [0.5, 0.6) is 11.5 Å². The minimum Gasteiger partial charge on any atom is -0.462 e. The molecule has 1 aliphatic carbocycles. The average Bonchev–Trinajstić information content (AvgIpc) is 3.34. The summed E-state index contributed by atoms with van der Waals surface area (Å²) in [5.41, 5.74) is 4.74. The number of hydrogen-bond donors (Lipinski definition) is 0. The van der Waals surface area contributed by atoms with Gasteiger partial charge in [0.25, 0.3) is 0 Å². The van der Waals surface area contributed by atoms with E-state index in [1.54, 1.807) is 18.2 Å². The van der Waals surface area contributed by atoms with E-state index in [2.05, 4.69) is 19.7 Å². The Morgan fingerprint density at radius 1 is 0.875 bits per heavy atom. The van der Waals surface area contributed by atoms with Gasteiger partial charge in [-0.15, -0.1) is 0 Å². The summed E-state index contributed by atoms with van der Waals surface area (Å²) in [5.74, 6) is -2.22. The number of halogens is 1. The van der Waals surface area contributed by atoms with Crippen LogP contribution >= 0.6 is 0 Å². The quantitative estimate of drug-likeness (QED) is 0.167. The number of benzene rings is 3. The van der Waals surface area contributed by atoms with Gasteiger partial charge in [0.05, 0.1) is 6.61 Å². The molecule has 1 atom stereocenters. The summed E-state index contributed by atoms with van der Waals surface area (Å²) in [7, 11) is 0. The first kappa shape index (κ1) is 28.2. The molecule has 0 radical (unpaired) electrons. The summed E-state index contributed by atoms with van der Waals surface area (Å²) < 4.78 is 31.4. The molecule has 3 aromatic rings. The summed E-state index contributed by atoms with van der Waals surface area (Å²) in [6.45, 7) is 13.8. The van der Waals surface area contributed by atoms with Crippen molar-refractivity contribution in [2.75, 3.05) is 6.61 Å². The van der Waals surface area contributed by atoms with Crippen LogP contribution in [0.2, 0.25) is 0 Å². The first-order chi connectivity index (χ1) is 19.1. The van der Waals surface area contributed by atoms with E-state index in [-0.39, 0.29) is 35.2 Å². The highest BCUT2D eigenvalue weighted by Crippen LogP contribution is 2.38. The van der Waals surface area contributed by atoms with E-state index < -0.39 is 23.7 Å². The fraction of sp³-hybridized carbons (Fsp3) is 0.182. The maximum atomic E-state index is 15.5. The Labute approximate surface area is 232 Å². The fourth-order valence-electron chi connectivity index (χ4n) is 4.42. The minimum absolute atomic E-state index is 0.00796. The largest absolute Gasteiger partial charge is 0.462 e. The zero-order valence-electron chi connectivity index (χ0n) is 22.4. The molecule has 0 amide bonds. The van der Waals surface area contributed by atoms with E-state index in [0.29, 0.717) is 22.3 Å². The van der Waals surface area contributed by atoms with Gasteiger partial charge < -0.3 is 14.2 Å². The monoisotopic (exact) mass is 540 g/mol. The number of esters is 3. The standard InChI is InChI=1S/C33H29FO6/c1-6-31(35)38-18-25-10-8-21-7-9-24(15-27(21)25)26-13-11-22(16-28(26)34)23-12-14-29(39-32(36)19(2)3)30(17-23)40-33(37)20(4)5/h6-7,9,11-17,25H,1-2,4,8,10,18H2,3,5H3. The van der Waals surface area contributed by atoms with Gasteiger partial charge in [-0.2, -0.15) is 0 Å². The molecule has 4 rings (SSSR count). The number of rotatable bonds is 9. The molecule has 3 aromatic carbocycles. The van der Waals surface area contributed by atoms with Gasteiger partial charge in [-0.05, 0) is 72.7 Å². The molecule has 0 heterocycles. The molecule has 0 spiro atoms. The Bertz CT molecular complexity index is 1550. The highest BCUT2D eigenvalue weighted by molar-refractivity contribution is 5.91. The molecule has 0 bridgehead atoms. The molecule has 1 aliphatic rings. The van der Waals surface area contributed by atoms with Crippen molar-refractivity contribution in [2.24, 2.45) is 0 Å². The number of aryl methyl sites for hydroxylation is 1. The maximum absolute atomic E-state index is 15.5.